The summed E-state index contributed by atoms with van der Waals surface area (Å²) in [6.45, 7) is 11.0. The van der Waals surface area contributed by atoms with Crippen molar-refractivity contribution in [3.63, 3.8) is 0 Å². The zero-order valence-electron chi connectivity index (χ0n) is 17.9. The normalized spacial score (nSPS) is 16.7. The second-order valence-electron chi connectivity index (χ2n) is 8.04. The van der Waals surface area contributed by atoms with E-state index in [1.807, 2.05) is 37.3 Å². The lowest BCUT2D eigenvalue weighted by molar-refractivity contribution is -0.123. The second-order valence-corrected chi connectivity index (χ2v) is 8.04. The van der Waals surface area contributed by atoms with E-state index in [-0.39, 0.29) is 11.9 Å². The standard InChI is InChI=1S/C22H32N4O3/c1-16(2)22(18-5-7-20(28-4)8-6-18)23-21(27)15-26-11-9-25(10-12-26)14-19-13-17(3)29-24-19/h5-8,13,16,22H,9-12,14-15H2,1-4H3,(H,23,27)/t22-/m0/s1. The molecule has 1 aliphatic heterocycles. The number of hydrogen-bond donors (Lipinski definition) is 1. The Hall–Kier alpha value is -2.38. The fourth-order valence-corrected chi connectivity index (χ4v) is 3.70. The van der Waals surface area contributed by atoms with E-state index in [1.165, 1.54) is 0 Å². The molecule has 1 fully saturated rings. The lowest BCUT2D eigenvalue weighted by Crippen LogP contribution is -2.49. The van der Waals surface area contributed by atoms with Crippen molar-refractivity contribution in [2.45, 2.75) is 33.4 Å². The van der Waals surface area contributed by atoms with E-state index in [4.69, 9.17) is 9.26 Å². The number of rotatable bonds is 8. The maximum Gasteiger partial charge on any atom is 0.234 e. The Labute approximate surface area is 173 Å². The van der Waals surface area contributed by atoms with Crippen LogP contribution in [0.1, 0.15) is 36.9 Å². The van der Waals surface area contributed by atoms with Gasteiger partial charge in [0, 0.05) is 38.8 Å². The molecule has 0 aliphatic carbocycles. The zero-order chi connectivity index (χ0) is 20.8. The number of amides is 1. The van der Waals surface area contributed by atoms with Gasteiger partial charge in [-0.25, -0.2) is 0 Å². The van der Waals surface area contributed by atoms with Gasteiger partial charge in [-0.1, -0.05) is 31.1 Å². The molecule has 1 N–H and O–H groups in total. The molecular formula is C22H32N4O3. The van der Waals surface area contributed by atoms with Gasteiger partial charge in [0.05, 0.1) is 25.4 Å². The van der Waals surface area contributed by atoms with Gasteiger partial charge in [-0.05, 0) is 30.5 Å². The highest BCUT2D eigenvalue weighted by atomic mass is 16.5. The summed E-state index contributed by atoms with van der Waals surface area (Å²) in [5, 5.41) is 7.28. The first kappa shape index (κ1) is 21.3. The number of carbonyl (C=O) groups excluding carboxylic acids is 1. The molecule has 0 unspecified atom stereocenters. The van der Waals surface area contributed by atoms with E-state index in [1.54, 1.807) is 7.11 Å². The summed E-state index contributed by atoms with van der Waals surface area (Å²) in [6.07, 6.45) is 0. The van der Waals surface area contributed by atoms with Gasteiger partial charge >= 0.3 is 0 Å². The Bertz CT molecular complexity index is 780. The molecule has 29 heavy (non-hydrogen) atoms. The third kappa shape index (κ3) is 6.05. The average molecular weight is 401 g/mol. The lowest BCUT2D eigenvalue weighted by atomic mass is 9.96. The van der Waals surface area contributed by atoms with Crippen LogP contribution in [-0.2, 0) is 11.3 Å². The van der Waals surface area contributed by atoms with Crippen LogP contribution in [0.5, 0.6) is 5.75 Å². The first-order valence-electron chi connectivity index (χ1n) is 10.2. The number of piperazine rings is 1. The third-order valence-corrected chi connectivity index (χ3v) is 5.35. The van der Waals surface area contributed by atoms with Gasteiger partial charge in [-0.15, -0.1) is 0 Å². The fraction of sp³-hybridized carbons (Fsp3) is 0.545. The van der Waals surface area contributed by atoms with E-state index in [9.17, 15) is 4.79 Å². The molecule has 0 saturated carbocycles. The van der Waals surface area contributed by atoms with Crippen LogP contribution in [0.3, 0.4) is 0 Å². The molecule has 1 aliphatic rings. The van der Waals surface area contributed by atoms with Crippen LogP contribution in [0.2, 0.25) is 0 Å². The lowest BCUT2D eigenvalue weighted by Gasteiger charge is -2.34. The number of hydrogen-bond acceptors (Lipinski definition) is 6. The average Bonchev–Trinajstić information content (AvgIpc) is 3.12. The fourth-order valence-electron chi connectivity index (χ4n) is 3.70. The molecule has 7 heteroatoms. The smallest absolute Gasteiger partial charge is 0.234 e. The molecule has 158 valence electrons. The summed E-state index contributed by atoms with van der Waals surface area (Å²) in [7, 11) is 1.66. The van der Waals surface area contributed by atoms with E-state index in [0.717, 1.165) is 55.5 Å². The van der Waals surface area contributed by atoms with Crippen molar-refractivity contribution in [1.82, 2.24) is 20.3 Å². The molecule has 1 saturated heterocycles. The van der Waals surface area contributed by atoms with Crippen molar-refractivity contribution >= 4 is 5.91 Å². The van der Waals surface area contributed by atoms with Gasteiger partial charge in [-0.3, -0.25) is 14.6 Å². The van der Waals surface area contributed by atoms with Crippen molar-refractivity contribution in [3.8, 4) is 5.75 Å². The van der Waals surface area contributed by atoms with Gasteiger partial charge < -0.3 is 14.6 Å². The predicted octanol–water partition coefficient (Wildman–Crippen LogP) is 2.62. The monoisotopic (exact) mass is 400 g/mol. The Morgan fingerprint density at radius 1 is 1.17 bits per heavy atom. The molecule has 1 amide bonds. The first-order chi connectivity index (χ1) is 13.9. The van der Waals surface area contributed by atoms with Crippen LogP contribution in [0.25, 0.3) is 0 Å². The highest BCUT2D eigenvalue weighted by Crippen LogP contribution is 2.24. The maximum absolute atomic E-state index is 12.7. The van der Waals surface area contributed by atoms with Crippen LogP contribution in [0, 0.1) is 12.8 Å². The Morgan fingerprint density at radius 3 is 2.38 bits per heavy atom. The highest BCUT2D eigenvalue weighted by molar-refractivity contribution is 5.78. The van der Waals surface area contributed by atoms with Gasteiger partial charge in [0.2, 0.25) is 5.91 Å². The zero-order valence-corrected chi connectivity index (χ0v) is 17.9. The van der Waals surface area contributed by atoms with E-state index in [0.29, 0.717) is 12.5 Å². The predicted molar refractivity (Wildman–Crippen MR) is 112 cm³/mol. The largest absolute Gasteiger partial charge is 0.497 e. The summed E-state index contributed by atoms with van der Waals surface area (Å²) in [5.41, 5.74) is 2.06. The van der Waals surface area contributed by atoms with E-state index < -0.39 is 0 Å². The molecule has 2 aromatic rings. The molecule has 2 heterocycles. The second kappa shape index (κ2) is 9.89. The van der Waals surface area contributed by atoms with Crippen molar-refractivity contribution in [1.29, 1.82) is 0 Å². The molecule has 0 radical (unpaired) electrons. The minimum atomic E-state index is -0.00917. The number of ether oxygens (including phenoxy) is 1. The minimum absolute atomic E-state index is 0.00917. The quantitative estimate of drug-likeness (QED) is 0.735. The van der Waals surface area contributed by atoms with Crippen molar-refractivity contribution in [3.05, 3.63) is 47.3 Å². The van der Waals surface area contributed by atoms with Crippen LogP contribution < -0.4 is 10.1 Å². The molecule has 7 nitrogen and oxygen atoms in total. The van der Waals surface area contributed by atoms with Crippen molar-refractivity contribution in [2.24, 2.45) is 5.92 Å². The number of carbonyl (C=O) groups is 1. The van der Waals surface area contributed by atoms with E-state index >= 15 is 0 Å². The molecule has 1 aromatic carbocycles. The summed E-state index contributed by atoms with van der Waals surface area (Å²) in [6, 6.07) is 9.89. The number of nitrogens with zero attached hydrogens (tertiary/aromatic N) is 3. The maximum atomic E-state index is 12.7. The minimum Gasteiger partial charge on any atom is -0.497 e. The van der Waals surface area contributed by atoms with Crippen LogP contribution in [0.15, 0.2) is 34.9 Å². The van der Waals surface area contributed by atoms with Gasteiger partial charge in [0.1, 0.15) is 11.5 Å². The molecular weight excluding hydrogens is 368 g/mol. The Balaban J connectivity index is 1.47. The summed E-state index contributed by atoms with van der Waals surface area (Å²) >= 11 is 0. The van der Waals surface area contributed by atoms with Gasteiger partial charge in [0.15, 0.2) is 0 Å². The summed E-state index contributed by atoms with van der Waals surface area (Å²) < 4.78 is 10.4. The molecule has 3 rings (SSSR count). The number of aryl methyl sites for hydroxylation is 1. The van der Waals surface area contributed by atoms with Crippen LogP contribution in [0.4, 0.5) is 0 Å². The van der Waals surface area contributed by atoms with Crippen LogP contribution >= 0.6 is 0 Å². The topological polar surface area (TPSA) is 70.8 Å². The SMILES string of the molecule is COc1ccc([C@@H](NC(=O)CN2CCN(Cc3cc(C)on3)CC2)C(C)C)cc1. The van der Waals surface area contributed by atoms with Crippen LogP contribution in [-0.4, -0.2) is 60.7 Å². The number of nitrogens with one attached hydrogen (secondary N) is 1. The molecule has 1 aromatic heterocycles. The third-order valence-electron chi connectivity index (χ3n) is 5.35. The highest BCUT2D eigenvalue weighted by Gasteiger charge is 2.23. The van der Waals surface area contributed by atoms with E-state index in [2.05, 4.69) is 34.1 Å². The van der Waals surface area contributed by atoms with Gasteiger partial charge in [-0.2, -0.15) is 0 Å². The molecule has 0 bridgehead atoms. The van der Waals surface area contributed by atoms with Crippen molar-refractivity contribution in [2.75, 3.05) is 39.8 Å². The van der Waals surface area contributed by atoms with Gasteiger partial charge in [0.25, 0.3) is 0 Å². The Kier molecular flexibility index (Phi) is 7.28. The summed E-state index contributed by atoms with van der Waals surface area (Å²) in [4.78, 5) is 17.2. The first-order valence-corrected chi connectivity index (χ1v) is 10.2. The number of benzene rings is 1. The molecule has 1 atom stereocenters. The Morgan fingerprint density at radius 2 is 1.83 bits per heavy atom. The van der Waals surface area contributed by atoms with Crippen molar-refractivity contribution < 1.29 is 14.1 Å². The molecule has 0 spiro atoms. The number of methoxy groups -OCH3 is 1. The number of aromatic nitrogens is 1. The summed E-state index contributed by atoms with van der Waals surface area (Å²) in [5.74, 6) is 2.03.